The second-order valence-corrected chi connectivity index (χ2v) is 5.95. The second-order valence-electron chi connectivity index (χ2n) is 5.13. The number of rotatable bonds is 1. The van der Waals surface area contributed by atoms with E-state index in [4.69, 9.17) is 23.2 Å². The van der Waals surface area contributed by atoms with Crippen LogP contribution in [0.1, 0.15) is 20.3 Å². The molecule has 1 heterocycles. The van der Waals surface area contributed by atoms with E-state index in [-0.39, 0.29) is 23.8 Å². The van der Waals surface area contributed by atoms with Gasteiger partial charge in [-0.15, -0.1) is 0 Å². The Hall–Kier alpha value is -1.26. The fourth-order valence-corrected chi connectivity index (χ4v) is 2.53. The number of hydrogen-bond donors (Lipinski definition) is 1. The highest BCUT2D eigenvalue weighted by atomic mass is 35.5. The Morgan fingerprint density at radius 3 is 2.65 bits per heavy atom. The summed E-state index contributed by atoms with van der Waals surface area (Å²) in [7, 11) is 0. The molecule has 108 valence electrons. The molecule has 1 aromatic carbocycles. The molecule has 6 heteroatoms. The van der Waals surface area contributed by atoms with Crippen LogP contribution in [0.4, 0.5) is 10.5 Å². The number of carbonyl (C=O) groups excluding carboxylic acids is 2. The SMILES string of the molecule is CC1CN(C(=O)Nc2ccc(Cl)c(Cl)c2)C(C)CC1=O. The molecule has 20 heavy (non-hydrogen) atoms. The van der Waals surface area contributed by atoms with E-state index in [0.29, 0.717) is 28.7 Å². The van der Waals surface area contributed by atoms with Crippen LogP contribution in [0.15, 0.2) is 18.2 Å². The first-order valence-corrected chi connectivity index (χ1v) is 7.19. The van der Waals surface area contributed by atoms with Gasteiger partial charge in [-0.3, -0.25) is 4.79 Å². The molecular formula is C14H16Cl2N2O2. The van der Waals surface area contributed by atoms with Gasteiger partial charge in [0.15, 0.2) is 0 Å². The summed E-state index contributed by atoms with van der Waals surface area (Å²) in [4.78, 5) is 25.6. The van der Waals surface area contributed by atoms with Crippen LogP contribution in [0.3, 0.4) is 0 Å². The predicted molar refractivity (Wildman–Crippen MR) is 80.4 cm³/mol. The topological polar surface area (TPSA) is 49.4 Å². The summed E-state index contributed by atoms with van der Waals surface area (Å²) in [5, 5.41) is 3.61. The highest BCUT2D eigenvalue weighted by Crippen LogP contribution is 2.26. The fourth-order valence-electron chi connectivity index (χ4n) is 2.23. The van der Waals surface area contributed by atoms with Crippen molar-refractivity contribution in [2.75, 3.05) is 11.9 Å². The number of Topliss-reactive ketones (excluding diaryl/α,β-unsaturated/α-hetero) is 1. The minimum atomic E-state index is -0.227. The van der Waals surface area contributed by atoms with Crippen molar-refractivity contribution < 1.29 is 9.59 Å². The Bertz CT molecular complexity index is 548. The molecule has 2 amide bonds. The van der Waals surface area contributed by atoms with E-state index < -0.39 is 0 Å². The lowest BCUT2D eigenvalue weighted by Gasteiger charge is -2.35. The quantitative estimate of drug-likeness (QED) is 0.856. The summed E-state index contributed by atoms with van der Waals surface area (Å²) in [5.74, 6) is 0.0850. The van der Waals surface area contributed by atoms with Crippen LogP contribution in [-0.2, 0) is 4.79 Å². The summed E-state index contributed by atoms with van der Waals surface area (Å²) in [6.07, 6.45) is 0.399. The van der Waals surface area contributed by atoms with Gasteiger partial charge in [0, 0.05) is 30.6 Å². The average Bonchev–Trinajstić information content (AvgIpc) is 2.38. The Morgan fingerprint density at radius 2 is 2.00 bits per heavy atom. The Kier molecular flexibility index (Phi) is 4.55. The van der Waals surface area contributed by atoms with Gasteiger partial charge in [-0.1, -0.05) is 30.1 Å². The maximum Gasteiger partial charge on any atom is 0.322 e. The lowest BCUT2D eigenvalue weighted by atomic mass is 9.94. The lowest BCUT2D eigenvalue weighted by Crippen LogP contribution is -2.50. The molecule has 4 nitrogen and oxygen atoms in total. The van der Waals surface area contributed by atoms with Crippen LogP contribution in [0.2, 0.25) is 10.0 Å². The number of nitrogens with one attached hydrogen (secondary N) is 1. The number of amides is 2. The zero-order valence-corrected chi connectivity index (χ0v) is 12.8. The molecule has 1 fully saturated rings. The maximum absolute atomic E-state index is 12.3. The van der Waals surface area contributed by atoms with Crippen LogP contribution in [0.25, 0.3) is 0 Å². The molecule has 2 rings (SSSR count). The van der Waals surface area contributed by atoms with E-state index in [2.05, 4.69) is 5.32 Å². The van der Waals surface area contributed by atoms with E-state index >= 15 is 0 Å². The third-order valence-electron chi connectivity index (χ3n) is 3.48. The molecule has 2 unspecified atom stereocenters. The molecule has 0 bridgehead atoms. The molecule has 0 radical (unpaired) electrons. The van der Waals surface area contributed by atoms with Gasteiger partial charge >= 0.3 is 6.03 Å². The van der Waals surface area contributed by atoms with Gasteiger partial charge in [0.2, 0.25) is 0 Å². The minimum Gasteiger partial charge on any atom is -0.321 e. The van der Waals surface area contributed by atoms with E-state index in [1.54, 1.807) is 23.1 Å². The Morgan fingerprint density at radius 1 is 1.30 bits per heavy atom. The average molecular weight is 315 g/mol. The van der Waals surface area contributed by atoms with Crippen LogP contribution in [-0.4, -0.2) is 29.3 Å². The molecule has 0 spiro atoms. The van der Waals surface area contributed by atoms with Gasteiger partial charge in [-0.05, 0) is 25.1 Å². The number of likely N-dealkylation sites (tertiary alicyclic amines) is 1. The number of ketones is 1. The predicted octanol–water partition coefficient (Wildman–Crippen LogP) is 3.82. The Balaban J connectivity index is 2.07. The number of anilines is 1. The third kappa shape index (κ3) is 3.25. The lowest BCUT2D eigenvalue weighted by molar-refractivity contribution is -0.126. The fraction of sp³-hybridized carbons (Fsp3) is 0.429. The first-order chi connectivity index (χ1) is 9.38. The standard InChI is InChI=1S/C14H16Cl2N2O2/c1-8-7-18(9(2)5-13(8)19)14(20)17-10-3-4-11(15)12(16)6-10/h3-4,6,8-9H,5,7H2,1-2H3,(H,17,20). The second kappa shape index (κ2) is 6.02. The van der Waals surface area contributed by atoms with Crippen molar-refractivity contribution in [3.05, 3.63) is 28.2 Å². The van der Waals surface area contributed by atoms with Gasteiger partial charge < -0.3 is 10.2 Å². The van der Waals surface area contributed by atoms with Crippen molar-refractivity contribution in [2.45, 2.75) is 26.3 Å². The van der Waals surface area contributed by atoms with Crippen molar-refractivity contribution in [1.29, 1.82) is 0 Å². The monoisotopic (exact) mass is 314 g/mol. The van der Waals surface area contributed by atoms with Crippen LogP contribution in [0, 0.1) is 5.92 Å². The van der Waals surface area contributed by atoms with E-state index in [9.17, 15) is 9.59 Å². The maximum atomic E-state index is 12.3. The third-order valence-corrected chi connectivity index (χ3v) is 4.22. The van der Waals surface area contributed by atoms with Crippen LogP contribution < -0.4 is 5.32 Å². The van der Waals surface area contributed by atoms with Crippen LogP contribution >= 0.6 is 23.2 Å². The minimum absolute atomic E-state index is 0.0959. The zero-order chi connectivity index (χ0) is 14.9. The summed E-state index contributed by atoms with van der Waals surface area (Å²) >= 11 is 11.7. The van der Waals surface area contributed by atoms with Crippen molar-refractivity contribution in [1.82, 2.24) is 4.90 Å². The number of urea groups is 1. The van der Waals surface area contributed by atoms with Crippen molar-refractivity contribution in [2.24, 2.45) is 5.92 Å². The largest absolute Gasteiger partial charge is 0.322 e. The van der Waals surface area contributed by atoms with E-state index in [0.717, 1.165) is 0 Å². The van der Waals surface area contributed by atoms with E-state index in [1.165, 1.54) is 0 Å². The number of benzene rings is 1. The molecule has 1 N–H and O–H groups in total. The Labute approximate surface area is 128 Å². The molecule has 0 saturated carbocycles. The van der Waals surface area contributed by atoms with Gasteiger partial charge in [0.1, 0.15) is 5.78 Å². The van der Waals surface area contributed by atoms with Gasteiger partial charge in [-0.2, -0.15) is 0 Å². The summed E-state index contributed by atoms with van der Waals surface area (Å²) < 4.78 is 0. The van der Waals surface area contributed by atoms with Gasteiger partial charge in [0.25, 0.3) is 0 Å². The number of nitrogens with zero attached hydrogens (tertiary/aromatic N) is 1. The first-order valence-electron chi connectivity index (χ1n) is 6.44. The zero-order valence-electron chi connectivity index (χ0n) is 11.3. The highest BCUT2D eigenvalue weighted by Gasteiger charge is 2.32. The molecule has 1 saturated heterocycles. The number of carbonyl (C=O) groups is 2. The van der Waals surface area contributed by atoms with Crippen molar-refractivity contribution in [3.8, 4) is 0 Å². The molecule has 1 aliphatic rings. The number of hydrogen-bond acceptors (Lipinski definition) is 2. The summed E-state index contributed by atoms with van der Waals surface area (Å²) in [6, 6.07) is 4.60. The summed E-state index contributed by atoms with van der Waals surface area (Å²) in [6.45, 7) is 4.15. The van der Waals surface area contributed by atoms with Crippen molar-refractivity contribution >= 4 is 40.7 Å². The van der Waals surface area contributed by atoms with Gasteiger partial charge in [-0.25, -0.2) is 4.79 Å². The molecule has 0 aliphatic carbocycles. The number of halogens is 2. The molecule has 0 aromatic heterocycles. The molecule has 1 aromatic rings. The molecule has 1 aliphatic heterocycles. The molecule has 2 atom stereocenters. The highest BCUT2D eigenvalue weighted by molar-refractivity contribution is 6.42. The normalized spacial score (nSPS) is 22.8. The van der Waals surface area contributed by atoms with Crippen molar-refractivity contribution in [3.63, 3.8) is 0 Å². The molecular weight excluding hydrogens is 299 g/mol. The first kappa shape index (κ1) is 15.1. The van der Waals surface area contributed by atoms with E-state index in [1.807, 2.05) is 13.8 Å². The van der Waals surface area contributed by atoms with Gasteiger partial charge in [0.05, 0.1) is 10.0 Å². The smallest absolute Gasteiger partial charge is 0.321 e. The van der Waals surface area contributed by atoms with Crippen LogP contribution in [0.5, 0.6) is 0 Å². The summed E-state index contributed by atoms with van der Waals surface area (Å²) in [5.41, 5.74) is 0.584. The number of piperidine rings is 1.